The van der Waals surface area contributed by atoms with Crippen molar-refractivity contribution >= 4 is 5.91 Å². The Hall–Kier alpha value is -0.650. The molecule has 0 unspecified atom stereocenters. The van der Waals surface area contributed by atoms with E-state index in [2.05, 4.69) is 19.2 Å². The summed E-state index contributed by atoms with van der Waals surface area (Å²) in [5.74, 6) is -0.220. The molecule has 0 aromatic carbocycles. The molecule has 1 fully saturated rings. The van der Waals surface area contributed by atoms with Crippen LogP contribution in [0.15, 0.2) is 0 Å². The van der Waals surface area contributed by atoms with Crippen LogP contribution in [-0.2, 0) is 9.53 Å². The SMILES string of the molecule is CC1(C(=O)N[C@@H](O)CO)CCOCC1.CCC. The number of carbonyl (C=O) groups excluding carboxylic acids is 1. The highest BCUT2D eigenvalue weighted by atomic mass is 16.5. The van der Waals surface area contributed by atoms with Crippen LogP contribution in [0.5, 0.6) is 0 Å². The summed E-state index contributed by atoms with van der Waals surface area (Å²) in [6, 6.07) is 0. The van der Waals surface area contributed by atoms with Gasteiger partial charge in [0.05, 0.1) is 12.0 Å². The van der Waals surface area contributed by atoms with E-state index in [4.69, 9.17) is 14.9 Å². The van der Waals surface area contributed by atoms with E-state index in [1.54, 1.807) is 0 Å². The molecule has 0 aromatic rings. The maximum atomic E-state index is 11.7. The zero-order valence-electron chi connectivity index (χ0n) is 11.0. The standard InChI is InChI=1S/C9H17NO4.C3H8/c1-9(2-4-14-5-3-9)8(13)10-7(12)6-11;1-3-2/h7,11-12H,2-6H2,1H3,(H,10,13);3H2,1-2H3/t7-;/m0./s1. The zero-order valence-corrected chi connectivity index (χ0v) is 11.0. The molecule has 1 aliphatic rings. The fourth-order valence-corrected chi connectivity index (χ4v) is 1.42. The highest BCUT2D eigenvalue weighted by molar-refractivity contribution is 5.82. The molecular weight excluding hydrogens is 222 g/mol. The summed E-state index contributed by atoms with van der Waals surface area (Å²) < 4.78 is 5.15. The monoisotopic (exact) mass is 247 g/mol. The minimum absolute atomic E-state index is 0.220. The molecule has 1 heterocycles. The minimum atomic E-state index is -1.16. The largest absolute Gasteiger partial charge is 0.392 e. The van der Waals surface area contributed by atoms with Gasteiger partial charge in [-0.15, -0.1) is 0 Å². The van der Waals surface area contributed by atoms with E-state index in [-0.39, 0.29) is 5.91 Å². The van der Waals surface area contributed by atoms with Crippen LogP contribution in [0.4, 0.5) is 0 Å². The molecular formula is C12H25NO4. The van der Waals surface area contributed by atoms with Crippen LogP contribution in [0.3, 0.4) is 0 Å². The van der Waals surface area contributed by atoms with Crippen molar-refractivity contribution in [2.24, 2.45) is 5.41 Å². The molecule has 0 saturated carbocycles. The Morgan fingerprint density at radius 2 is 1.88 bits per heavy atom. The second-order valence-electron chi connectivity index (χ2n) is 4.55. The topological polar surface area (TPSA) is 78.8 Å². The molecule has 1 aliphatic heterocycles. The second kappa shape index (κ2) is 8.44. The van der Waals surface area contributed by atoms with Crippen molar-refractivity contribution < 1.29 is 19.7 Å². The van der Waals surface area contributed by atoms with Gasteiger partial charge in [-0.2, -0.15) is 0 Å². The van der Waals surface area contributed by atoms with E-state index in [0.29, 0.717) is 26.1 Å². The summed E-state index contributed by atoms with van der Waals surface area (Å²) >= 11 is 0. The Morgan fingerprint density at radius 1 is 1.41 bits per heavy atom. The summed E-state index contributed by atoms with van der Waals surface area (Å²) in [7, 11) is 0. The van der Waals surface area contributed by atoms with E-state index in [1.807, 2.05) is 6.92 Å². The number of aliphatic hydroxyl groups excluding tert-OH is 2. The number of hydrogen-bond donors (Lipinski definition) is 3. The maximum Gasteiger partial charge on any atom is 0.228 e. The molecule has 1 rings (SSSR count). The molecule has 0 aromatic heterocycles. The van der Waals surface area contributed by atoms with E-state index in [0.717, 1.165) is 0 Å². The second-order valence-corrected chi connectivity index (χ2v) is 4.55. The lowest BCUT2D eigenvalue weighted by molar-refractivity contribution is -0.139. The molecule has 102 valence electrons. The lowest BCUT2D eigenvalue weighted by Crippen LogP contribution is -2.47. The highest BCUT2D eigenvalue weighted by Crippen LogP contribution is 2.29. The molecule has 0 radical (unpaired) electrons. The third kappa shape index (κ3) is 6.00. The Bertz CT molecular complexity index is 215. The van der Waals surface area contributed by atoms with E-state index >= 15 is 0 Å². The molecule has 17 heavy (non-hydrogen) atoms. The fraction of sp³-hybridized carbons (Fsp3) is 0.917. The zero-order chi connectivity index (χ0) is 13.3. The fourth-order valence-electron chi connectivity index (χ4n) is 1.42. The summed E-state index contributed by atoms with van der Waals surface area (Å²) in [5, 5.41) is 20.0. The van der Waals surface area contributed by atoms with Gasteiger partial charge in [-0.25, -0.2) is 0 Å². The van der Waals surface area contributed by atoms with Gasteiger partial charge in [0.25, 0.3) is 0 Å². The number of ether oxygens (including phenoxy) is 1. The van der Waals surface area contributed by atoms with Crippen molar-refractivity contribution in [2.45, 2.75) is 46.3 Å². The van der Waals surface area contributed by atoms with Gasteiger partial charge in [0, 0.05) is 13.2 Å². The van der Waals surface area contributed by atoms with Crippen LogP contribution in [0, 0.1) is 5.41 Å². The number of carbonyl (C=O) groups is 1. The molecule has 0 aliphatic carbocycles. The lowest BCUT2D eigenvalue weighted by atomic mass is 9.81. The van der Waals surface area contributed by atoms with Gasteiger partial charge in [-0.1, -0.05) is 27.2 Å². The number of amides is 1. The summed E-state index contributed by atoms with van der Waals surface area (Å²) in [6.07, 6.45) is 1.38. The Kier molecular flexibility index (Phi) is 8.12. The first-order valence-electron chi connectivity index (χ1n) is 6.17. The Balaban J connectivity index is 0.000000770. The first kappa shape index (κ1) is 16.4. The number of aliphatic hydroxyl groups is 2. The average Bonchev–Trinajstić information content (AvgIpc) is 2.30. The first-order chi connectivity index (χ1) is 8.00. The summed E-state index contributed by atoms with van der Waals surface area (Å²) in [6.45, 7) is 6.77. The summed E-state index contributed by atoms with van der Waals surface area (Å²) in [5.41, 5.74) is -0.478. The quantitative estimate of drug-likeness (QED) is 0.640. The minimum Gasteiger partial charge on any atom is -0.392 e. The summed E-state index contributed by atoms with van der Waals surface area (Å²) in [4.78, 5) is 11.7. The number of hydrogen-bond acceptors (Lipinski definition) is 4. The van der Waals surface area contributed by atoms with Crippen molar-refractivity contribution in [3.05, 3.63) is 0 Å². The van der Waals surface area contributed by atoms with Crippen LogP contribution in [0.1, 0.15) is 40.0 Å². The molecule has 1 amide bonds. The van der Waals surface area contributed by atoms with E-state index < -0.39 is 18.2 Å². The third-order valence-corrected chi connectivity index (χ3v) is 2.62. The predicted molar refractivity (Wildman–Crippen MR) is 65.4 cm³/mol. The Labute approximate surface area is 103 Å². The van der Waals surface area contributed by atoms with Crippen LogP contribution in [0.25, 0.3) is 0 Å². The molecule has 0 spiro atoms. The molecule has 5 nitrogen and oxygen atoms in total. The molecule has 3 N–H and O–H groups in total. The first-order valence-corrected chi connectivity index (χ1v) is 6.17. The van der Waals surface area contributed by atoms with Gasteiger partial charge >= 0.3 is 0 Å². The van der Waals surface area contributed by atoms with Gasteiger partial charge in [-0.3, -0.25) is 4.79 Å². The molecule has 1 saturated heterocycles. The van der Waals surface area contributed by atoms with Crippen molar-refractivity contribution in [3.8, 4) is 0 Å². The van der Waals surface area contributed by atoms with Crippen molar-refractivity contribution in [1.82, 2.24) is 5.32 Å². The average molecular weight is 247 g/mol. The van der Waals surface area contributed by atoms with Crippen molar-refractivity contribution in [2.75, 3.05) is 19.8 Å². The normalized spacial score (nSPS) is 19.8. The van der Waals surface area contributed by atoms with Crippen molar-refractivity contribution in [1.29, 1.82) is 0 Å². The van der Waals surface area contributed by atoms with Crippen LogP contribution >= 0.6 is 0 Å². The van der Waals surface area contributed by atoms with Gasteiger partial charge in [-0.05, 0) is 12.8 Å². The van der Waals surface area contributed by atoms with Gasteiger partial charge < -0.3 is 20.3 Å². The molecule has 1 atom stereocenters. The van der Waals surface area contributed by atoms with Crippen LogP contribution in [0.2, 0.25) is 0 Å². The third-order valence-electron chi connectivity index (χ3n) is 2.62. The van der Waals surface area contributed by atoms with E-state index in [9.17, 15) is 4.79 Å². The smallest absolute Gasteiger partial charge is 0.228 e. The lowest BCUT2D eigenvalue weighted by Gasteiger charge is -2.32. The van der Waals surface area contributed by atoms with E-state index in [1.165, 1.54) is 6.42 Å². The maximum absolute atomic E-state index is 11.7. The molecule has 0 bridgehead atoms. The highest BCUT2D eigenvalue weighted by Gasteiger charge is 2.35. The van der Waals surface area contributed by atoms with Crippen molar-refractivity contribution in [3.63, 3.8) is 0 Å². The number of rotatable bonds is 3. The van der Waals surface area contributed by atoms with Gasteiger partial charge in [0.2, 0.25) is 5.91 Å². The van der Waals surface area contributed by atoms with Gasteiger partial charge in [0.1, 0.15) is 6.23 Å². The number of nitrogens with one attached hydrogen (secondary N) is 1. The Morgan fingerprint density at radius 3 is 2.29 bits per heavy atom. The van der Waals surface area contributed by atoms with Crippen LogP contribution < -0.4 is 5.32 Å². The predicted octanol–water partition coefficient (Wildman–Crippen LogP) is 0.646. The molecule has 5 heteroatoms. The van der Waals surface area contributed by atoms with Crippen LogP contribution in [-0.4, -0.2) is 42.2 Å². The van der Waals surface area contributed by atoms with Gasteiger partial charge in [0.15, 0.2) is 0 Å².